The number of hydrogen-bond donors (Lipinski definition) is 1. The fourth-order valence-corrected chi connectivity index (χ4v) is 2.73. The Hall–Kier alpha value is -0.820. The fraction of sp³-hybridized carbons (Fsp3) is 0.600. The van der Waals surface area contributed by atoms with Crippen molar-refractivity contribution in [2.75, 3.05) is 6.54 Å². The van der Waals surface area contributed by atoms with E-state index in [2.05, 4.69) is 32.9 Å². The Morgan fingerprint density at radius 1 is 1.12 bits per heavy atom. The number of aryl methyl sites for hydroxylation is 3. The van der Waals surface area contributed by atoms with Gasteiger partial charge in [-0.25, -0.2) is 0 Å². The smallest absolute Gasteiger partial charge is 0.00204 e. The van der Waals surface area contributed by atoms with Gasteiger partial charge in [0, 0.05) is 0 Å². The predicted molar refractivity (Wildman–Crippen MR) is 69.7 cm³/mol. The van der Waals surface area contributed by atoms with Crippen LogP contribution in [0, 0.1) is 26.2 Å². The summed E-state index contributed by atoms with van der Waals surface area (Å²) in [7, 11) is 0. The topological polar surface area (TPSA) is 26.0 Å². The predicted octanol–water partition coefficient (Wildman–Crippen LogP) is 3.28. The zero-order chi connectivity index (χ0) is 11.8. The Morgan fingerprint density at radius 3 is 2.12 bits per heavy atom. The third kappa shape index (κ3) is 2.30. The van der Waals surface area contributed by atoms with E-state index in [1.165, 1.54) is 42.4 Å². The van der Waals surface area contributed by atoms with Gasteiger partial charge in [-0.05, 0) is 75.1 Å². The molecule has 0 heterocycles. The molecule has 0 unspecified atom stereocenters. The molecule has 0 bridgehead atoms. The number of hydrogen-bond acceptors (Lipinski definition) is 1. The minimum Gasteiger partial charge on any atom is -0.330 e. The van der Waals surface area contributed by atoms with Gasteiger partial charge in [-0.1, -0.05) is 17.7 Å². The van der Waals surface area contributed by atoms with Gasteiger partial charge >= 0.3 is 0 Å². The lowest BCUT2D eigenvalue weighted by molar-refractivity contribution is 0.478. The van der Waals surface area contributed by atoms with Gasteiger partial charge < -0.3 is 5.73 Å². The molecule has 1 aromatic carbocycles. The molecular formula is C15H23N. The maximum atomic E-state index is 5.83. The highest BCUT2D eigenvalue weighted by Gasteiger charge is 2.40. The van der Waals surface area contributed by atoms with E-state index in [0.29, 0.717) is 5.41 Å². The molecule has 0 atom stereocenters. The highest BCUT2D eigenvalue weighted by Crippen LogP contribution is 2.48. The highest BCUT2D eigenvalue weighted by atomic mass is 14.6. The second kappa shape index (κ2) is 4.21. The monoisotopic (exact) mass is 217 g/mol. The van der Waals surface area contributed by atoms with Crippen molar-refractivity contribution in [3.63, 3.8) is 0 Å². The maximum absolute atomic E-state index is 5.83. The summed E-state index contributed by atoms with van der Waals surface area (Å²) in [6.45, 7) is 7.51. The summed E-state index contributed by atoms with van der Waals surface area (Å²) in [5, 5.41) is 0. The van der Waals surface area contributed by atoms with E-state index >= 15 is 0 Å². The van der Waals surface area contributed by atoms with E-state index in [4.69, 9.17) is 5.73 Å². The first-order chi connectivity index (χ1) is 7.56. The van der Waals surface area contributed by atoms with Crippen LogP contribution in [0.2, 0.25) is 0 Å². The van der Waals surface area contributed by atoms with Gasteiger partial charge in [0.1, 0.15) is 0 Å². The van der Waals surface area contributed by atoms with Crippen molar-refractivity contribution >= 4 is 0 Å². The Kier molecular flexibility index (Phi) is 3.07. The van der Waals surface area contributed by atoms with Gasteiger partial charge in [0.25, 0.3) is 0 Å². The van der Waals surface area contributed by atoms with Crippen LogP contribution >= 0.6 is 0 Å². The second-order valence-electron chi connectivity index (χ2n) is 5.58. The van der Waals surface area contributed by atoms with Crippen LogP contribution in [0.4, 0.5) is 0 Å². The molecule has 1 saturated carbocycles. The molecule has 1 aromatic rings. The molecule has 0 spiro atoms. The van der Waals surface area contributed by atoms with Crippen molar-refractivity contribution in [1.82, 2.24) is 0 Å². The van der Waals surface area contributed by atoms with Gasteiger partial charge in [0.05, 0.1) is 0 Å². The molecule has 88 valence electrons. The Morgan fingerprint density at radius 2 is 1.69 bits per heavy atom. The number of nitrogens with two attached hydrogens (primary N) is 1. The molecule has 1 aliphatic rings. The van der Waals surface area contributed by atoms with Crippen LogP contribution in [0.1, 0.15) is 41.5 Å². The Labute approximate surface area is 99.0 Å². The highest BCUT2D eigenvalue weighted by molar-refractivity contribution is 5.37. The van der Waals surface area contributed by atoms with Crippen LogP contribution in [-0.4, -0.2) is 6.54 Å². The first-order valence-electron chi connectivity index (χ1n) is 6.33. The molecule has 1 nitrogen and oxygen atoms in total. The standard InChI is InChI=1S/C15H23N/c1-11-8-12(2)14(13(3)9-11)4-5-15(10-16)6-7-15/h8-9H,4-7,10,16H2,1-3H3. The summed E-state index contributed by atoms with van der Waals surface area (Å²) in [6.07, 6.45) is 5.16. The van der Waals surface area contributed by atoms with E-state index in [1.54, 1.807) is 5.56 Å². The first kappa shape index (κ1) is 11.7. The first-order valence-corrected chi connectivity index (χ1v) is 6.33. The summed E-state index contributed by atoms with van der Waals surface area (Å²) in [5.41, 5.74) is 12.2. The third-order valence-electron chi connectivity index (χ3n) is 4.14. The number of rotatable bonds is 4. The van der Waals surface area contributed by atoms with Gasteiger partial charge in [-0.3, -0.25) is 0 Å². The van der Waals surface area contributed by atoms with Crippen molar-refractivity contribution in [2.24, 2.45) is 11.1 Å². The fourth-order valence-electron chi connectivity index (χ4n) is 2.73. The molecule has 0 saturated heterocycles. The SMILES string of the molecule is Cc1cc(C)c(CCC2(CN)CC2)c(C)c1. The molecule has 16 heavy (non-hydrogen) atoms. The van der Waals surface area contributed by atoms with E-state index in [-0.39, 0.29) is 0 Å². The van der Waals surface area contributed by atoms with E-state index in [1.807, 2.05) is 0 Å². The van der Waals surface area contributed by atoms with Crippen molar-refractivity contribution in [2.45, 2.75) is 46.5 Å². The van der Waals surface area contributed by atoms with Crippen molar-refractivity contribution < 1.29 is 0 Å². The van der Waals surface area contributed by atoms with Gasteiger partial charge in [0.15, 0.2) is 0 Å². The minimum atomic E-state index is 0.504. The van der Waals surface area contributed by atoms with E-state index in [0.717, 1.165) is 6.54 Å². The maximum Gasteiger partial charge on any atom is -0.00204 e. The average Bonchev–Trinajstić information content (AvgIpc) is 2.97. The molecule has 0 radical (unpaired) electrons. The molecule has 2 rings (SSSR count). The van der Waals surface area contributed by atoms with Gasteiger partial charge in [-0.15, -0.1) is 0 Å². The molecule has 1 aliphatic carbocycles. The lowest BCUT2D eigenvalue weighted by Gasteiger charge is -2.15. The largest absolute Gasteiger partial charge is 0.330 e. The van der Waals surface area contributed by atoms with Gasteiger partial charge in [-0.2, -0.15) is 0 Å². The lowest BCUT2D eigenvalue weighted by Crippen LogP contribution is -2.16. The van der Waals surface area contributed by atoms with Crippen molar-refractivity contribution in [3.8, 4) is 0 Å². The molecule has 1 heteroatoms. The summed E-state index contributed by atoms with van der Waals surface area (Å²) < 4.78 is 0. The van der Waals surface area contributed by atoms with Crippen LogP contribution in [0.25, 0.3) is 0 Å². The molecular weight excluding hydrogens is 194 g/mol. The van der Waals surface area contributed by atoms with Crippen LogP contribution in [0.5, 0.6) is 0 Å². The molecule has 0 aromatic heterocycles. The summed E-state index contributed by atoms with van der Waals surface area (Å²) in [6, 6.07) is 4.59. The molecule has 1 fully saturated rings. The summed E-state index contributed by atoms with van der Waals surface area (Å²) >= 11 is 0. The Balaban J connectivity index is 2.09. The van der Waals surface area contributed by atoms with Crippen LogP contribution in [-0.2, 0) is 6.42 Å². The van der Waals surface area contributed by atoms with Crippen molar-refractivity contribution in [3.05, 3.63) is 34.4 Å². The quantitative estimate of drug-likeness (QED) is 0.823. The van der Waals surface area contributed by atoms with Crippen molar-refractivity contribution in [1.29, 1.82) is 0 Å². The zero-order valence-electron chi connectivity index (χ0n) is 10.8. The van der Waals surface area contributed by atoms with Crippen LogP contribution < -0.4 is 5.73 Å². The third-order valence-corrected chi connectivity index (χ3v) is 4.14. The van der Waals surface area contributed by atoms with E-state index in [9.17, 15) is 0 Å². The molecule has 0 amide bonds. The Bertz CT molecular complexity index is 365. The lowest BCUT2D eigenvalue weighted by atomic mass is 9.91. The van der Waals surface area contributed by atoms with Crippen LogP contribution in [0.3, 0.4) is 0 Å². The molecule has 2 N–H and O–H groups in total. The number of benzene rings is 1. The normalized spacial score (nSPS) is 17.5. The summed E-state index contributed by atoms with van der Waals surface area (Å²) in [4.78, 5) is 0. The zero-order valence-corrected chi connectivity index (χ0v) is 10.8. The van der Waals surface area contributed by atoms with Gasteiger partial charge in [0.2, 0.25) is 0 Å². The summed E-state index contributed by atoms with van der Waals surface area (Å²) in [5.74, 6) is 0. The van der Waals surface area contributed by atoms with E-state index < -0.39 is 0 Å². The average molecular weight is 217 g/mol. The van der Waals surface area contributed by atoms with Crippen LogP contribution in [0.15, 0.2) is 12.1 Å². The second-order valence-corrected chi connectivity index (χ2v) is 5.58. The minimum absolute atomic E-state index is 0.504. The molecule has 0 aliphatic heterocycles.